The van der Waals surface area contributed by atoms with Crippen molar-refractivity contribution in [2.24, 2.45) is 5.92 Å². The molecule has 1 aliphatic carbocycles. The summed E-state index contributed by atoms with van der Waals surface area (Å²) >= 11 is 5.96. The van der Waals surface area contributed by atoms with Crippen LogP contribution in [0.1, 0.15) is 48.0 Å². The Morgan fingerprint density at radius 1 is 1.21 bits per heavy atom. The summed E-state index contributed by atoms with van der Waals surface area (Å²) in [5.41, 5.74) is 3.04. The van der Waals surface area contributed by atoms with Crippen molar-refractivity contribution in [2.75, 3.05) is 31.3 Å². The van der Waals surface area contributed by atoms with Crippen LogP contribution in [0.2, 0.25) is 5.02 Å². The summed E-state index contributed by atoms with van der Waals surface area (Å²) in [6.07, 6.45) is 7.62. The number of rotatable bonds is 6. The summed E-state index contributed by atoms with van der Waals surface area (Å²) in [6, 6.07) is 10.2. The largest absolute Gasteiger partial charge is 0.385 e. The van der Waals surface area contributed by atoms with Crippen molar-refractivity contribution in [3.8, 4) is 6.07 Å². The highest BCUT2D eigenvalue weighted by atomic mass is 35.5. The summed E-state index contributed by atoms with van der Waals surface area (Å²) in [4.78, 5) is 19.0. The zero-order valence-corrected chi connectivity index (χ0v) is 20.0. The summed E-state index contributed by atoms with van der Waals surface area (Å²) in [5.74, 6) is -0.111. The lowest BCUT2D eigenvalue weighted by Crippen LogP contribution is -2.23. The van der Waals surface area contributed by atoms with Crippen LogP contribution in [-0.4, -0.2) is 36.4 Å². The van der Waals surface area contributed by atoms with Crippen LogP contribution in [0.25, 0.3) is 10.9 Å². The molecule has 8 heteroatoms. The molecule has 1 saturated carbocycles. The predicted octanol–water partition coefficient (Wildman–Crippen LogP) is 6.34. The molecule has 1 fully saturated rings. The molecule has 2 N–H and O–H groups in total. The van der Waals surface area contributed by atoms with Gasteiger partial charge in [0, 0.05) is 43.6 Å². The molecule has 0 saturated heterocycles. The van der Waals surface area contributed by atoms with Crippen LogP contribution in [0.3, 0.4) is 0 Å². The number of hydrogen-bond acceptors (Lipinski definition) is 5. The molecule has 0 aliphatic heterocycles. The number of amides is 1. The van der Waals surface area contributed by atoms with E-state index in [9.17, 15) is 14.4 Å². The maximum atomic E-state index is 13.7. The number of hydrogen-bond donors (Lipinski definition) is 2. The van der Waals surface area contributed by atoms with Gasteiger partial charge in [-0.15, -0.1) is 0 Å². The number of nitrogens with one attached hydrogen (secondary N) is 2. The van der Waals surface area contributed by atoms with Crippen molar-refractivity contribution in [1.82, 2.24) is 9.88 Å². The summed E-state index contributed by atoms with van der Waals surface area (Å²) < 4.78 is 13.7. The third-order valence-electron chi connectivity index (χ3n) is 6.24. The fourth-order valence-electron chi connectivity index (χ4n) is 4.40. The third-order valence-corrected chi connectivity index (χ3v) is 6.53. The predicted molar refractivity (Wildman–Crippen MR) is 134 cm³/mol. The van der Waals surface area contributed by atoms with E-state index in [2.05, 4.69) is 21.7 Å². The first-order valence-corrected chi connectivity index (χ1v) is 11.8. The Balaban J connectivity index is 1.81. The number of carbonyl (C=O) groups is 1. The molecule has 1 aromatic heterocycles. The first-order chi connectivity index (χ1) is 16.4. The van der Waals surface area contributed by atoms with Gasteiger partial charge < -0.3 is 15.5 Å². The molecule has 1 heterocycles. The fourth-order valence-corrected chi connectivity index (χ4v) is 4.58. The minimum absolute atomic E-state index is 0.0276. The molecule has 34 heavy (non-hydrogen) atoms. The number of nitrogens with zero attached hydrogens (tertiary/aromatic N) is 3. The van der Waals surface area contributed by atoms with Gasteiger partial charge in [-0.2, -0.15) is 5.26 Å². The number of benzene rings is 2. The van der Waals surface area contributed by atoms with Gasteiger partial charge in [0.15, 0.2) is 0 Å². The molecule has 0 unspecified atom stereocenters. The molecule has 2 aromatic carbocycles. The van der Waals surface area contributed by atoms with E-state index in [0.717, 1.165) is 12.2 Å². The van der Waals surface area contributed by atoms with E-state index in [1.165, 1.54) is 55.3 Å². The first-order valence-electron chi connectivity index (χ1n) is 11.4. The van der Waals surface area contributed by atoms with Gasteiger partial charge in [-0.25, -0.2) is 4.39 Å². The average Bonchev–Trinajstić information content (AvgIpc) is 2.84. The molecule has 0 spiro atoms. The van der Waals surface area contributed by atoms with Gasteiger partial charge in [0.1, 0.15) is 11.9 Å². The molecule has 0 bridgehead atoms. The normalized spacial score (nSPS) is 14.0. The zero-order chi connectivity index (χ0) is 24.2. The molecule has 4 rings (SSSR count). The van der Waals surface area contributed by atoms with Crippen molar-refractivity contribution in [3.05, 3.63) is 58.5 Å². The minimum Gasteiger partial charge on any atom is -0.385 e. The smallest absolute Gasteiger partial charge is 0.255 e. The summed E-state index contributed by atoms with van der Waals surface area (Å²) in [7, 11) is 3.39. The summed E-state index contributed by atoms with van der Waals surface area (Å²) in [6.45, 7) is 0.822. The standard InChI is InChI=1S/C26H27ClFN5O/c1-33(2)26(34)21-11-19(30-14-16-6-4-3-5-7-16)10-20-24(17(13-29)15-31-25(20)21)32-18-8-9-23(28)22(27)12-18/h8-12,15-16,30H,3-7,14H2,1-2H3,(H,31,32). The number of carbonyl (C=O) groups excluding carboxylic acids is 1. The van der Waals surface area contributed by atoms with Gasteiger partial charge in [-0.1, -0.05) is 30.9 Å². The average molecular weight is 480 g/mol. The van der Waals surface area contributed by atoms with Crippen LogP contribution in [0.4, 0.5) is 21.5 Å². The lowest BCUT2D eigenvalue weighted by Gasteiger charge is -2.23. The van der Waals surface area contributed by atoms with Crippen molar-refractivity contribution >= 4 is 45.5 Å². The van der Waals surface area contributed by atoms with E-state index in [1.54, 1.807) is 20.2 Å². The van der Waals surface area contributed by atoms with Gasteiger partial charge in [-0.3, -0.25) is 9.78 Å². The second kappa shape index (κ2) is 10.3. The van der Waals surface area contributed by atoms with E-state index < -0.39 is 5.82 Å². The van der Waals surface area contributed by atoms with E-state index in [0.29, 0.717) is 39.3 Å². The van der Waals surface area contributed by atoms with Crippen molar-refractivity contribution in [3.63, 3.8) is 0 Å². The van der Waals surface area contributed by atoms with Gasteiger partial charge in [0.05, 0.1) is 27.4 Å². The SMILES string of the molecule is CN(C)C(=O)c1cc(NCC2CCCCC2)cc2c(Nc3ccc(F)c(Cl)c3)c(C#N)cnc12. The van der Waals surface area contributed by atoms with Crippen molar-refractivity contribution < 1.29 is 9.18 Å². The van der Waals surface area contributed by atoms with E-state index >= 15 is 0 Å². The summed E-state index contributed by atoms with van der Waals surface area (Å²) in [5, 5.41) is 17.1. The molecule has 1 amide bonds. The second-order valence-electron chi connectivity index (χ2n) is 8.92. The van der Waals surface area contributed by atoms with E-state index in [1.807, 2.05) is 12.1 Å². The fraction of sp³-hybridized carbons (Fsp3) is 0.346. The van der Waals surface area contributed by atoms with Crippen molar-refractivity contribution in [1.29, 1.82) is 5.26 Å². The topological polar surface area (TPSA) is 81.0 Å². The number of aromatic nitrogens is 1. The molecule has 6 nitrogen and oxygen atoms in total. The lowest BCUT2D eigenvalue weighted by molar-refractivity contribution is 0.0829. The maximum Gasteiger partial charge on any atom is 0.255 e. The van der Waals surface area contributed by atoms with Gasteiger partial charge in [-0.05, 0) is 49.1 Å². The van der Waals surface area contributed by atoms with Crippen LogP contribution in [-0.2, 0) is 0 Å². The van der Waals surface area contributed by atoms with Crippen LogP contribution in [0.5, 0.6) is 0 Å². The molecule has 3 aromatic rings. The Morgan fingerprint density at radius 3 is 2.65 bits per heavy atom. The number of fused-ring (bicyclic) bond motifs is 1. The quantitative estimate of drug-likeness (QED) is 0.431. The maximum absolute atomic E-state index is 13.7. The number of anilines is 3. The second-order valence-corrected chi connectivity index (χ2v) is 9.32. The number of pyridine rings is 1. The number of nitriles is 1. The zero-order valence-electron chi connectivity index (χ0n) is 19.3. The molecule has 0 atom stereocenters. The Hall–Kier alpha value is -3.37. The monoisotopic (exact) mass is 479 g/mol. The molecular weight excluding hydrogens is 453 g/mol. The minimum atomic E-state index is -0.527. The molecule has 1 aliphatic rings. The highest BCUT2D eigenvalue weighted by molar-refractivity contribution is 6.31. The van der Waals surface area contributed by atoms with Crippen LogP contribution in [0.15, 0.2) is 36.5 Å². The Morgan fingerprint density at radius 2 is 1.97 bits per heavy atom. The van der Waals surface area contributed by atoms with Crippen LogP contribution >= 0.6 is 11.6 Å². The third kappa shape index (κ3) is 5.07. The molecular formula is C26H27ClFN5O. The van der Waals surface area contributed by atoms with Crippen LogP contribution < -0.4 is 10.6 Å². The van der Waals surface area contributed by atoms with Crippen LogP contribution in [0, 0.1) is 23.1 Å². The molecule has 0 radical (unpaired) electrons. The van der Waals surface area contributed by atoms with Crippen molar-refractivity contribution in [2.45, 2.75) is 32.1 Å². The van der Waals surface area contributed by atoms with E-state index in [-0.39, 0.29) is 10.9 Å². The number of halogens is 2. The Bertz CT molecular complexity index is 1260. The highest BCUT2D eigenvalue weighted by Gasteiger charge is 2.20. The molecule has 176 valence electrons. The first kappa shape index (κ1) is 23.8. The Labute approximate surface area is 203 Å². The van der Waals surface area contributed by atoms with Gasteiger partial charge in [0.2, 0.25) is 0 Å². The van der Waals surface area contributed by atoms with E-state index in [4.69, 9.17) is 11.6 Å². The van der Waals surface area contributed by atoms with Gasteiger partial charge in [0.25, 0.3) is 5.91 Å². The lowest BCUT2D eigenvalue weighted by atomic mass is 9.89. The highest BCUT2D eigenvalue weighted by Crippen LogP contribution is 2.34. The Kier molecular flexibility index (Phi) is 7.18. The van der Waals surface area contributed by atoms with Gasteiger partial charge >= 0.3 is 0 Å².